The van der Waals surface area contributed by atoms with Crippen LogP contribution in [0.25, 0.3) is 5.52 Å². The van der Waals surface area contributed by atoms with E-state index in [2.05, 4.69) is 36.2 Å². The van der Waals surface area contributed by atoms with Crippen LogP contribution in [0, 0.1) is 0 Å². The van der Waals surface area contributed by atoms with Gasteiger partial charge in [0.05, 0.1) is 25.5 Å². The van der Waals surface area contributed by atoms with Crippen molar-refractivity contribution in [1.29, 1.82) is 0 Å². The van der Waals surface area contributed by atoms with Gasteiger partial charge in [0.1, 0.15) is 11.1 Å². The molecule has 0 fully saturated rings. The molecule has 0 aromatic carbocycles. The molecule has 0 bridgehead atoms. The zero-order chi connectivity index (χ0) is 15.7. The molecule has 7 nitrogen and oxygen atoms in total. The van der Waals surface area contributed by atoms with E-state index in [-0.39, 0.29) is 5.41 Å². The minimum absolute atomic E-state index is 0.106. The zero-order valence-corrected chi connectivity index (χ0v) is 12.5. The quantitative estimate of drug-likeness (QED) is 0.626. The summed E-state index contributed by atoms with van der Waals surface area (Å²) in [7, 11) is 0. The number of hydrogen-bond donors (Lipinski definition) is 4. The summed E-state index contributed by atoms with van der Waals surface area (Å²) < 4.78 is 1.69. The molecule has 0 amide bonds. The van der Waals surface area contributed by atoms with Gasteiger partial charge < -0.3 is 20.6 Å². The molecular formula is C14H22N4O3. The van der Waals surface area contributed by atoms with Crippen molar-refractivity contribution in [2.24, 2.45) is 0 Å². The van der Waals surface area contributed by atoms with Crippen LogP contribution < -0.4 is 5.32 Å². The van der Waals surface area contributed by atoms with Crippen molar-refractivity contribution < 1.29 is 15.3 Å². The molecule has 0 unspecified atom stereocenters. The van der Waals surface area contributed by atoms with Gasteiger partial charge in [-0.2, -0.15) is 5.10 Å². The molecule has 0 saturated carbocycles. The van der Waals surface area contributed by atoms with Crippen LogP contribution in [0.2, 0.25) is 0 Å². The molecule has 7 heteroatoms. The molecule has 0 atom stereocenters. The average molecular weight is 294 g/mol. The third-order valence-electron chi connectivity index (χ3n) is 3.45. The molecule has 2 rings (SSSR count). The third-order valence-corrected chi connectivity index (χ3v) is 3.45. The van der Waals surface area contributed by atoms with Crippen molar-refractivity contribution in [3.8, 4) is 0 Å². The van der Waals surface area contributed by atoms with Crippen molar-refractivity contribution in [2.45, 2.75) is 31.7 Å². The molecule has 4 N–H and O–H groups in total. The highest BCUT2D eigenvalue weighted by Gasteiger charge is 2.29. The van der Waals surface area contributed by atoms with Crippen molar-refractivity contribution in [3.05, 3.63) is 24.2 Å². The Morgan fingerprint density at radius 3 is 2.29 bits per heavy atom. The van der Waals surface area contributed by atoms with E-state index in [0.717, 1.165) is 11.2 Å². The Balaban J connectivity index is 2.47. The molecule has 0 spiro atoms. The van der Waals surface area contributed by atoms with E-state index in [1.165, 1.54) is 0 Å². The number of anilines is 1. The summed E-state index contributed by atoms with van der Waals surface area (Å²) in [5.41, 5.74) is 0.301. The maximum atomic E-state index is 9.41. The van der Waals surface area contributed by atoms with E-state index in [1.807, 2.05) is 6.07 Å². The standard InChI is InChI=1S/C14H22N4O3/c1-13(2,3)11-6-10-12(15-4-5-18(10)17-11)16-14(7-19,8-20)9-21/h4-6,19-21H,7-9H2,1-3H3,(H,15,16). The summed E-state index contributed by atoms with van der Waals surface area (Å²) in [4.78, 5) is 4.23. The Morgan fingerprint density at radius 1 is 1.14 bits per heavy atom. The third kappa shape index (κ3) is 2.99. The first kappa shape index (κ1) is 15.7. The molecule has 0 radical (unpaired) electrons. The predicted molar refractivity (Wildman–Crippen MR) is 79.3 cm³/mol. The normalized spacial score (nSPS) is 12.9. The highest BCUT2D eigenvalue weighted by molar-refractivity contribution is 5.69. The summed E-state index contributed by atoms with van der Waals surface area (Å²) >= 11 is 0. The summed E-state index contributed by atoms with van der Waals surface area (Å²) in [5.74, 6) is 0.456. The second-order valence-electron chi connectivity index (χ2n) is 6.26. The molecule has 2 aromatic heterocycles. The van der Waals surface area contributed by atoms with E-state index in [4.69, 9.17) is 0 Å². The fourth-order valence-corrected chi connectivity index (χ4v) is 1.90. The highest BCUT2D eigenvalue weighted by atomic mass is 16.3. The van der Waals surface area contributed by atoms with E-state index in [0.29, 0.717) is 5.82 Å². The number of nitrogens with one attached hydrogen (secondary N) is 1. The summed E-state index contributed by atoms with van der Waals surface area (Å²) in [5, 5.41) is 35.7. The molecule has 21 heavy (non-hydrogen) atoms. The number of rotatable bonds is 5. The SMILES string of the molecule is CC(C)(C)c1cc2c(NC(CO)(CO)CO)nccn2n1. The second-order valence-corrected chi connectivity index (χ2v) is 6.26. The number of aliphatic hydroxyl groups is 3. The summed E-state index contributed by atoms with van der Waals surface area (Å²) in [6.07, 6.45) is 3.31. The van der Waals surface area contributed by atoms with E-state index in [1.54, 1.807) is 16.9 Å². The van der Waals surface area contributed by atoms with Gasteiger partial charge in [0.15, 0.2) is 5.82 Å². The second kappa shape index (κ2) is 5.59. The van der Waals surface area contributed by atoms with Crippen LogP contribution in [-0.2, 0) is 5.41 Å². The lowest BCUT2D eigenvalue weighted by Crippen LogP contribution is -2.49. The van der Waals surface area contributed by atoms with Crippen LogP contribution in [0.15, 0.2) is 18.5 Å². The van der Waals surface area contributed by atoms with Gasteiger partial charge in [-0.15, -0.1) is 0 Å². The van der Waals surface area contributed by atoms with Gasteiger partial charge in [0.25, 0.3) is 0 Å². The van der Waals surface area contributed by atoms with Crippen LogP contribution in [0.3, 0.4) is 0 Å². The van der Waals surface area contributed by atoms with Gasteiger partial charge in [-0.05, 0) is 6.07 Å². The number of fused-ring (bicyclic) bond motifs is 1. The van der Waals surface area contributed by atoms with E-state index in [9.17, 15) is 15.3 Å². The molecule has 0 aliphatic rings. The smallest absolute Gasteiger partial charge is 0.152 e. The van der Waals surface area contributed by atoms with Crippen LogP contribution in [0.1, 0.15) is 26.5 Å². The minimum atomic E-state index is -1.22. The molecular weight excluding hydrogens is 272 g/mol. The largest absolute Gasteiger partial charge is 0.394 e. The molecule has 0 aliphatic heterocycles. The van der Waals surface area contributed by atoms with Crippen molar-refractivity contribution in [3.63, 3.8) is 0 Å². The molecule has 2 aromatic rings. The van der Waals surface area contributed by atoms with Crippen molar-refractivity contribution in [2.75, 3.05) is 25.1 Å². The maximum Gasteiger partial charge on any atom is 0.152 e. The lowest BCUT2D eigenvalue weighted by atomic mass is 9.92. The Bertz CT molecular complexity index is 606. The van der Waals surface area contributed by atoms with Gasteiger partial charge in [0, 0.05) is 17.8 Å². The maximum absolute atomic E-state index is 9.41. The Labute approximate surface area is 123 Å². The zero-order valence-electron chi connectivity index (χ0n) is 12.5. The lowest BCUT2D eigenvalue weighted by Gasteiger charge is -2.29. The van der Waals surface area contributed by atoms with Crippen LogP contribution >= 0.6 is 0 Å². The van der Waals surface area contributed by atoms with Gasteiger partial charge in [-0.25, -0.2) is 9.50 Å². The van der Waals surface area contributed by atoms with Gasteiger partial charge in [0.2, 0.25) is 0 Å². The van der Waals surface area contributed by atoms with Crippen molar-refractivity contribution >= 4 is 11.3 Å². The van der Waals surface area contributed by atoms with E-state index < -0.39 is 25.4 Å². The van der Waals surface area contributed by atoms with Crippen LogP contribution in [-0.4, -0.2) is 55.3 Å². The summed E-state index contributed by atoms with van der Waals surface area (Å²) in [6.45, 7) is 4.95. The van der Waals surface area contributed by atoms with Gasteiger partial charge in [-0.3, -0.25) is 0 Å². The number of aliphatic hydroxyl groups excluding tert-OH is 3. The number of hydrogen-bond acceptors (Lipinski definition) is 6. The summed E-state index contributed by atoms with van der Waals surface area (Å²) in [6, 6.07) is 1.91. The molecule has 0 saturated heterocycles. The monoisotopic (exact) mass is 294 g/mol. The Kier molecular flexibility index (Phi) is 4.18. The fraction of sp³-hybridized carbons (Fsp3) is 0.571. The number of aromatic nitrogens is 3. The predicted octanol–water partition coefficient (Wildman–Crippen LogP) is 0.154. The van der Waals surface area contributed by atoms with Crippen LogP contribution in [0.5, 0.6) is 0 Å². The fourth-order valence-electron chi connectivity index (χ4n) is 1.90. The molecule has 0 aliphatic carbocycles. The van der Waals surface area contributed by atoms with Crippen molar-refractivity contribution in [1.82, 2.24) is 14.6 Å². The number of nitrogens with zero attached hydrogens (tertiary/aromatic N) is 3. The minimum Gasteiger partial charge on any atom is -0.394 e. The van der Waals surface area contributed by atoms with Gasteiger partial charge >= 0.3 is 0 Å². The van der Waals surface area contributed by atoms with E-state index >= 15 is 0 Å². The Morgan fingerprint density at radius 2 is 1.76 bits per heavy atom. The van der Waals surface area contributed by atoms with Crippen LogP contribution in [0.4, 0.5) is 5.82 Å². The first-order valence-electron chi connectivity index (χ1n) is 6.81. The highest BCUT2D eigenvalue weighted by Crippen LogP contribution is 2.25. The molecule has 116 valence electrons. The Hall–Kier alpha value is -1.70. The first-order chi connectivity index (χ1) is 9.85. The lowest BCUT2D eigenvalue weighted by molar-refractivity contribution is 0.0832. The van der Waals surface area contributed by atoms with Gasteiger partial charge in [-0.1, -0.05) is 20.8 Å². The topological polar surface area (TPSA) is 103 Å². The average Bonchev–Trinajstić information content (AvgIpc) is 2.90. The molecule has 2 heterocycles. The first-order valence-corrected chi connectivity index (χ1v) is 6.81.